The van der Waals surface area contributed by atoms with Gasteiger partial charge in [-0.15, -0.1) is 0 Å². The maximum absolute atomic E-state index is 13.7. The van der Waals surface area contributed by atoms with Crippen molar-refractivity contribution in [3.63, 3.8) is 0 Å². The van der Waals surface area contributed by atoms with Crippen LogP contribution in [-0.4, -0.2) is 28.0 Å². The summed E-state index contributed by atoms with van der Waals surface area (Å²) in [4.78, 5) is 19.0. The van der Waals surface area contributed by atoms with Crippen molar-refractivity contribution in [1.29, 1.82) is 0 Å². The molecule has 6 nitrogen and oxygen atoms in total. The van der Waals surface area contributed by atoms with Crippen molar-refractivity contribution >= 4 is 23.3 Å². The summed E-state index contributed by atoms with van der Waals surface area (Å²) >= 11 is 5.66. The largest absolute Gasteiger partial charge is 0.369 e. The molecule has 0 aromatic carbocycles. The van der Waals surface area contributed by atoms with Crippen LogP contribution < -0.4 is 16.8 Å². The van der Waals surface area contributed by atoms with E-state index in [1.54, 1.807) is 0 Å². The molecule has 108 valence electrons. The number of primary amides is 1. The first-order chi connectivity index (χ1) is 9.47. The highest BCUT2D eigenvalue weighted by Gasteiger charge is 2.54. The van der Waals surface area contributed by atoms with E-state index in [9.17, 15) is 9.18 Å². The second kappa shape index (κ2) is 4.82. The minimum atomic E-state index is -0.607. The molecule has 8 heteroatoms. The summed E-state index contributed by atoms with van der Waals surface area (Å²) in [5, 5.41) is 2.91. The number of hydrogen-bond acceptors (Lipinski definition) is 5. The SMILES string of the molecule is NC(=O)[C@@H]1[C@H](Nc2nc(Cl)ncc2F)[C@H]2CC(N)[C@@H]1C2. The van der Waals surface area contributed by atoms with Gasteiger partial charge in [0.2, 0.25) is 11.2 Å². The Kier molecular flexibility index (Phi) is 3.25. The molecule has 0 saturated heterocycles. The second-order valence-corrected chi connectivity index (χ2v) is 5.83. The maximum atomic E-state index is 13.7. The minimum Gasteiger partial charge on any atom is -0.369 e. The first-order valence-electron chi connectivity index (χ1n) is 6.47. The monoisotopic (exact) mass is 299 g/mol. The molecule has 5 atom stereocenters. The minimum absolute atomic E-state index is 0.00220. The van der Waals surface area contributed by atoms with Crippen molar-refractivity contribution < 1.29 is 9.18 Å². The van der Waals surface area contributed by atoms with Crippen molar-refractivity contribution in [2.45, 2.75) is 24.9 Å². The molecule has 2 aliphatic carbocycles. The fourth-order valence-electron chi connectivity index (χ4n) is 3.61. The van der Waals surface area contributed by atoms with Crippen LogP contribution in [0.4, 0.5) is 10.2 Å². The summed E-state index contributed by atoms with van der Waals surface area (Å²) in [6.07, 6.45) is 2.62. The van der Waals surface area contributed by atoms with Gasteiger partial charge in [-0.1, -0.05) is 0 Å². The van der Waals surface area contributed by atoms with Gasteiger partial charge in [-0.3, -0.25) is 4.79 Å². The number of aromatic nitrogens is 2. The molecular formula is C12H15ClFN5O. The molecule has 1 amide bonds. The van der Waals surface area contributed by atoms with Crippen LogP contribution in [0.1, 0.15) is 12.8 Å². The normalized spacial score (nSPS) is 35.2. The fraction of sp³-hybridized carbons (Fsp3) is 0.583. The number of rotatable bonds is 3. The van der Waals surface area contributed by atoms with Crippen LogP contribution in [0.2, 0.25) is 5.28 Å². The van der Waals surface area contributed by atoms with Crippen molar-refractivity contribution in [2.75, 3.05) is 5.32 Å². The van der Waals surface area contributed by atoms with Crippen LogP contribution in [0.3, 0.4) is 0 Å². The Morgan fingerprint density at radius 3 is 2.95 bits per heavy atom. The van der Waals surface area contributed by atoms with Gasteiger partial charge in [0.1, 0.15) is 0 Å². The first kappa shape index (κ1) is 13.5. The molecule has 0 radical (unpaired) electrons. The first-order valence-corrected chi connectivity index (χ1v) is 6.84. The molecule has 2 bridgehead atoms. The lowest BCUT2D eigenvalue weighted by atomic mass is 9.81. The third kappa shape index (κ3) is 2.10. The van der Waals surface area contributed by atoms with E-state index in [1.807, 2.05) is 0 Å². The Bertz CT molecular complexity index is 557. The Balaban J connectivity index is 1.86. The summed E-state index contributed by atoms with van der Waals surface area (Å²) in [5.74, 6) is -1.18. The third-order valence-corrected chi connectivity index (χ3v) is 4.58. The quantitative estimate of drug-likeness (QED) is 0.705. The van der Waals surface area contributed by atoms with Crippen molar-refractivity contribution in [3.05, 3.63) is 17.3 Å². The highest BCUT2D eigenvalue weighted by molar-refractivity contribution is 6.28. The zero-order valence-electron chi connectivity index (χ0n) is 10.6. The highest BCUT2D eigenvalue weighted by Crippen LogP contribution is 2.48. The third-order valence-electron chi connectivity index (χ3n) is 4.40. The van der Waals surface area contributed by atoms with Crippen LogP contribution in [0.25, 0.3) is 0 Å². The Hall–Kier alpha value is -1.47. The Morgan fingerprint density at radius 1 is 1.50 bits per heavy atom. The highest BCUT2D eigenvalue weighted by atomic mass is 35.5. The van der Waals surface area contributed by atoms with Gasteiger partial charge in [0.25, 0.3) is 0 Å². The van der Waals surface area contributed by atoms with E-state index in [-0.39, 0.29) is 35.0 Å². The molecule has 2 aliphatic rings. The van der Waals surface area contributed by atoms with Gasteiger partial charge in [-0.05, 0) is 36.3 Å². The molecule has 1 aromatic rings. The molecule has 5 N–H and O–H groups in total. The molecule has 1 aromatic heterocycles. The average Bonchev–Trinajstić information content (AvgIpc) is 2.90. The van der Waals surface area contributed by atoms with Crippen LogP contribution in [0.5, 0.6) is 0 Å². The molecule has 2 saturated carbocycles. The summed E-state index contributed by atoms with van der Waals surface area (Å²) in [6, 6.07) is -0.271. The number of fused-ring (bicyclic) bond motifs is 2. The standard InChI is InChI=1S/C12H15ClFN5O/c13-12-17-3-6(14)11(19-12)18-9-4-1-5(7(15)2-4)8(9)10(16)20/h3-5,7-9H,1-2,15H2,(H2,16,20)(H,17,18,19)/t4-,5+,7?,8+,9-/m1/s1. The van der Waals surface area contributed by atoms with Gasteiger partial charge in [0.05, 0.1) is 12.1 Å². The van der Waals surface area contributed by atoms with E-state index < -0.39 is 17.6 Å². The molecule has 20 heavy (non-hydrogen) atoms. The number of carbonyl (C=O) groups excluding carboxylic acids is 1. The van der Waals surface area contributed by atoms with E-state index in [4.69, 9.17) is 23.1 Å². The summed E-state index contributed by atoms with van der Waals surface area (Å²) in [5.41, 5.74) is 11.5. The van der Waals surface area contributed by atoms with E-state index in [1.165, 1.54) is 0 Å². The van der Waals surface area contributed by atoms with Crippen molar-refractivity contribution in [2.24, 2.45) is 29.2 Å². The second-order valence-electron chi connectivity index (χ2n) is 5.49. The van der Waals surface area contributed by atoms with Gasteiger partial charge < -0.3 is 16.8 Å². The Labute approximate surface area is 120 Å². The number of nitrogens with zero attached hydrogens (tertiary/aromatic N) is 2. The van der Waals surface area contributed by atoms with E-state index in [0.717, 1.165) is 19.0 Å². The molecule has 1 heterocycles. The number of anilines is 1. The summed E-state index contributed by atoms with van der Waals surface area (Å²) in [7, 11) is 0. The van der Waals surface area contributed by atoms with E-state index in [2.05, 4.69) is 15.3 Å². The lowest BCUT2D eigenvalue weighted by Gasteiger charge is -2.33. The lowest BCUT2D eigenvalue weighted by molar-refractivity contribution is -0.123. The van der Waals surface area contributed by atoms with Crippen LogP contribution >= 0.6 is 11.6 Å². The number of hydrogen-bond donors (Lipinski definition) is 3. The number of nitrogens with one attached hydrogen (secondary N) is 1. The van der Waals surface area contributed by atoms with Gasteiger partial charge in [0, 0.05) is 12.1 Å². The van der Waals surface area contributed by atoms with E-state index >= 15 is 0 Å². The van der Waals surface area contributed by atoms with Gasteiger partial charge in [-0.25, -0.2) is 9.37 Å². The topological polar surface area (TPSA) is 107 Å². The van der Waals surface area contributed by atoms with Crippen molar-refractivity contribution in [1.82, 2.24) is 9.97 Å². The zero-order chi connectivity index (χ0) is 14.4. The predicted molar refractivity (Wildman–Crippen MR) is 71.3 cm³/mol. The van der Waals surface area contributed by atoms with Crippen molar-refractivity contribution in [3.8, 4) is 0 Å². The zero-order valence-corrected chi connectivity index (χ0v) is 11.3. The molecule has 2 fully saturated rings. The van der Waals surface area contributed by atoms with Crippen LogP contribution in [-0.2, 0) is 4.79 Å². The lowest BCUT2D eigenvalue weighted by Crippen LogP contribution is -2.48. The van der Waals surface area contributed by atoms with Gasteiger partial charge in [0.15, 0.2) is 11.6 Å². The van der Waals surface area contributed by atoms with Crippen LogP contribution in [0, 0.1) is 23.6 Å². The predicted octanol–water partition coefficient (Wildman–Crippen LogP) is 0.518. The fourth-order valence-corrected chi connectivity index (χ4v) is 3.74. The molecular weight excluding hydrogens is 285 g/mol. The molecule has 1 unspecified atom stereocenters. The van der Waals surface area contributed by atoms with Gasteiger partial charge >= 0.3 is 0 Å². The maximum Gasteiger partial charge on any atom is 0.224 e. The van der Waals surface area contributed by atoms with E-state index in [0.29, 0.717) is 0 Å². The number of nitrogens with two attached hydrogens (primary N) is 2. The number of amides is 1. The summed E-state index contributed by atoms with van der Waals surface area (Å²) < 4.78 is 13.7. The van der Waals surface area contributed by atoms with Gasteiger partial charge in [-0.2, -0.15) is 4.98 Å². The Morgan fingerprint density at radius 2 is 2.25 bits per heavy atom. The number of halogens is 2. The number of carbonyl (C=O) groups is 1. The average molecular weight is 300 g/mol. The molecule has 0 spiro atoms. The van der Waals surface area contributed by atoms with Crippen LogP contribution in [0.15, 0.2) is 6.20 Å². The molecule has 0 aliphatic heterocycles. The summed E-state index contributed by atoms with van der Waals surface area (Å²) in [6.45, 7) is 0. The smallest absolute Gasteiger partial charge is 0.224 e. The molecule has 3 rings (SSSR count).